The van der Waals surface area contributed by atoms with Gasteiger partial charge in [-0.2, -0.15) is 0 Å². The van der Waals surface area contributed by atoms with Crippen molar-refractivity contribution in [1.29, 1.82) is 0 Å². The van der Waals surface area contributed by atoms with Gasteiger partial charge in [0.05, 0.1) is 17.8 Å². The van der Waals surface area contributed by atoms with Crippen LogP contribution in [0.25, 0.3) is 6.08 Å². The zero-order valence-electron chi connectivity index (χ0n) is 15.5. The monoisotopic (exact) mass is 359 g/mol. The molecular formula is C20H25NO3S. The van der Waals surface area contributed by atoms with E-state index in [1.807, 2.05) is 51.3 Å². The largest absolute Gasteiger partial charge is 0.462 e. The number of carbonyl (C=O) groups is 2. The Morgan fingerprint density at radius 1 is 1.28 bits per heavy atom. The van der Waals surface area contributed by atoms with Gasteiger partial charge in [-0.25, -0.2) is 4.79 Å². The van der Waals surface area contributed by atoms with E-state index in [9.17, 15) is 9.59 Å². The van der Waals surface area contributed by atoms with Crippen molar-refractivity contribution in [3.8, 4) is 0 Å². The van der Waals surface area contributed by atoms with E-state index in [1.165, 1.54) is 0 Å². The number of hydrogen-bond acceptors (Lipinski definition) is 4. The lowest BCUT2D eigenvalue weighted by molar-refractivity contribution is -0.138. The van der Waals surface area contributed by atoms with E-state index in [2.05, 4.69) is 0 Å². The highest BCUT2D eigenvalue weighted by molar-refractivity contribution is 7.98. The van der Waals surface area contributed by atoms with E-state index in [0.717, 1.165) is 10.5 Å². The summed E-state index contributed by atoms with van der Waals surface area (Å²) >= 11 is 1.66. The second-order valence-corrected chi connectivity index (χ2v) is 7.20. The molecule has 0 bridgehead atoms. The number of hydrogen-bond donors (Lipinski definition) is 0. The number of benzene rings is 1. The average molecular weight is 359 g/mol. The fourth-order valence-corrected chi connectivity index (χ4v) is 3.19. The molecule has 1 aliphatic rings. The van der Waals surface area contributed by atoms with Crippen LogP contribution in [0.15, 0.2) is 46.0 Å². The Balaban J connectivity index is 2.46. The summed E-state index contributed by atoms with van der Waals surface area (Å²) in [4.78, 5) is 28.2. The van der Waals surface area contributed by atoms with Crippen molar-refractivity contribution >= 4 is 29.7 Å². The van der Waals surface area contributed by atoms with Crippen LogP contribution in [-0.2, 0) is 14.3 Å². The molecule has 0 aliphatic carbocycles. The standard InChI is InChI=1S/C20H25NO3S/c1-6-24-20(23)18-14(4)21(12-13(2)3)19(22)17(18)11-15-7-9-16(25-5)10-8-15/h7-11,13H,6,12H2,1-5H3/b17-11+. The third kappa shape index (κ3) is 4.34. The summed E-state index contributed by atoms with van der Waals surface area (Å²) in [5, 5.41) is 0. The van der Waals surface area contributed by atoms with Crippen LogP contribution in [0.5, 0.6) is 0 Å². The van der Waals surface area contributed by atoms with E-state index in [0.29, 0.717) is 29.3 Å². The maximum absolute atomic E-state index is 12.9. The van der Waals surface area contributed by atoms with Crippen LogP contribution < -0.4 is 0 Å². The molecule has 5 heteroatoms. The van der Waals surface area contributed by atoms with Gasteiger partial charge in [-0.15, -0.1) is 11.8 Å². The first-order valence-electron chi connectivity index (χ1n) is 8.45. The zero-order valence-corrected chi connectivity index (χ0v) is 16.3. The topological polar surface area (TPSA) is 46.6 Å². The number of nitrogens with zero attached hydrogens (tertiary/aromatic N) is 1. The Kier molecular flexibility index (Phi) is 6.48. The minimum atomic E-state index is -0.438. The molecule has 0 saturated carbocycles. The summed E-state index contributed by atoms with van der Waals surface area (Å²) in [6, 6.07) is 7.91. The lowest BCUT2D eigenvalue weighted by Gasteiger charge is -2.19. The van der Waals surface area contributed by atoms with Crippen molar-refractivity contribution in [2.45, 2.75) is 32.6 Å². The van der Waals surface area contributed by atoms with Crippen LogP contribution >= 0.6 is 11.8 Å². The van der Waals surface area contributed by atoms with Crippen molar-refractivity contribution in [2.75, 3.05) is 19.4 Å². The SMILES string of the molecule is CCOC(=O)C1=C(C)N(CC(C)C)C(=O)/C1=C/c1ccc(SC)cc1. The number of amides is 1. The minimum absolute atomic E-state index is 0.136. The summed E-state index contributed by atoms with van der Waals surface area (Å²) in [6.07, 6.45) is 3.80. The maximum Gasteiger partial charge on any atom is 0.340 e. The molecule has 4 nitrogen and oxygen atoms in total. The summed E-state index contributed by atoms with van der Waals surface area (Å²) in [7, 11) is 0. The Hall–Kier alpha value is -2.01. The minimum Gasteiger partial charge on any atom is -0.462 e. The summed E-state index contributed by atoms with van der Waals surface area (Å²) < 4.78 is 5.18. The van der Waals surface area contributed by atoms with Crippen LogP contribution in [0.2, 0.25) is 0 Å². The van der Waals surface area contributed by atoms with Gasteiger partial charge < -0.3 is 9.64 Å². The van der Waals surface area contributed by atoms with Crippen molar-refractivity contribution < 1.29 is 14.3 Å². The van der Waals surface area contributed by atoms with Crippen molar-refractivity contribution in [2.24, 2.45) is 5.92 Å². The normalized spacial score (nSPS) is 16.3. The molecule has 1 aromatic rings. The smallest absolute Gasteiger partial charge is 0.340 e. The molecule has 0 radical (unpaired) electrons. The molecule has 0 saturated heterocycles. The molecule has 1 heterocycles. The third-order valence-corrected chi connectivity index (χ3v) is 4.71. The van der Waals surface area contributed by atoms with Gasteiger partial charge >= 0.3 is 5.97 Å². The number of esters is 1. The number of rotatable bonds is 6. The van der Waals surface area contributed by atoms with Gasteiger partial charge in [0.15, 0.2) is 0 Å². The Morgan fingerprint density at radius 2 is 1.92 bits per heavy atom. The van der Waals surface area contributed by atoms with Gasteiger partial charge in [0.1, 0.15) is 0 Å². The molecule has 25 heavy (non-hydrogen) atoms. The molecule has 0 aromatic heterocycles. The molecule has 0 N–H and O–H groups in total. The lowest BCUT2D eigenvalue weighted by atomic mass is 10.0. The maximum atomic E-state index is 12.9. The van der Waals surface area contributed by atoms with Crippen molar-refractivity contribution in [1.82, 2.24) is 4.90 Å². The number of ether oxygens (including phenoxy) is 1. The predicted molar refractivity (Wildman–Crippen MR) is 102 cm³/mol. The fraction of sp³-hybridized carbons (Fsp3) is 0.400. The molecule has 1 aromatic carbocycles. The zero-order chi connectivity index (χ0) is 18.6. The quantitative estimate of drug-likeness (QED) is 0.435. The highest BCUT2D eigenvalue weighted by Crippen LogP contribution is 2.32. The first kappa shape index (κ1) is 19.3. The van der Waals surface area contributed by atoms with E-state index < -0.39 is 5.97 Å². The third-order valence-electron chi connectivity index (χ3n) is 3.97. The predicted octanol–water partition coefficient (Wildman–Crippen LogP) is 4.13. The summed E-state index contributed by atoms with van der Waals surface area (Å²) in [5.74, 6) is -0.266. The highest BCUT2D eigenvalue weighted by atomic mass is 32.2. The molecule has 1 aliphatic heterocycles. The molecule has 1 amide bonds. The van der Waals surface area contributed by atoms with Gasteiger partial charge in [-0.1, -0.05) is 26.0 Å². The van der Waals surface area contributed by atoms with E-state index in [4.69, 9.17) is 4.74 Å². The molecule has 0 fully saturated rings. The molecule has 0 unspecified atom stereocenters. The number of allylic oxidation sites excluding steroid dienone is 1. The Morgan fingerprint density at radius 3 is 2.44 bits per heavy atom. The summed E-state index contributed by atoms with van der Waals surface area (Å²) in [6.45, 7) is 8.53. The number of carbonyl (C=O) groups excluding carboxylic acids is 2. The number of thioether (sulfide) groups is 1. The first-order chi connectivity index (χ1) is 11.9. The Labute approximate surface area is 153 Å². The molecule has 134 valence electrons. The van der Waals surface area contributed by atoms with E-state index >= 15 is 0 Å². The van der Waals surface area contributed by atoms with Crippen molar-refractivity contribution in [3.05, 3.63) is 46.7 Å². The summed E-state index contributed by atoms with van der Waals surface area (Å²) in [5.41, 5.74) is 2.35. The van der Waals surface area contributed by atoms with E-state index in [1.54, 1.807) is 29.7 Å². The fourth-order valence-electron chi connectivity index (χ4n) is 2.78. The van der Waals surface area contributed by atoms with Gasteiger partial charge in [0.2, 0.25) is 0 Å². The van der Waals surface area contributed by atoms with Crippen molar-refractivity contribution in [3.63, 3.8) is 0 Å². The van der Waals surface area contributed by atoms with Crippen LogP contribution in [-0.4, -0.2) is 36.2 Å². The van der Waals surface area contributed by atoms with Crippen LogP contribution in [0, 0.1) is 5.92 Å². The molecular weight excluding hydrogens is 334 g/mol. The van der Waals surface area contributed by atoms with Gasteiger partial charge in [-0.05, 0) is 49.8 Å². The average Bonchev–Trinajstić information content (AvgIpc) is 2.80. The van der Waals surface area contributed by atoms with Gasteiger partial charge in [0, 0.05) is 17.1 Å². The van der Waals surface area contributed by atoms with Crippen LogP contribution in [0.3, 0.4) is 0 Å². The first-order valence-corrected chi connectivity index (χ1v) is 9.67. The second kappa shape index (κ2) is 8.39. The molecule has 2 rings (SSSR count). The van der Waals surface area contributed by atoms with E-state index in [-0.39, 0.29) is 12.5 Å². The Bertz CT molecular complexity index is 717. The van der Waals surface area contributed by atoms with Crippen LogP contribution in [0.1, 0.15) is 33.3 Å². The second-order valence-electron chi connectivity index (χ2n) is 6.32. The van der Waals surface area contributed by atoms with Crippen LogP contribution in [0.4, 0.5) is 0 Å². The van der Waals surface area contributed by atoms with Gasteiger partial charge in [0.25, 0.3) is 5.91 Å². The molecule has 0 atom stereocenters. The molecule has 0 spiro atoms. The highest BCUT2D eigenvalue weighted by Gasteiger charge is 2.37. The lowest BCUT2D eigenvalue weighted by Crippen LogP contribution is -2.28. The van der Waals surface area contributed by atoms with Gasteiger partial charge in [-0.3, -0.25) is 4.79 Å².